The Morgan fingerprint density at radius 2 is 1.69 bits per heavy atom. The monoisotopic (exact) mass is 436 g/mol. The lowest BCUT2D eigenvalue weighted by Crippen LogP contribution is -2.30. The van der Waals surface area contributed by atoms with Crippen molar-refractivity contribution in [2.45, 2.75) is 45.7 Å². The Morgan fingerprint density at radius 3 is 2.53 bits per heavy atom. The fourth-order valence-corrected chi connectivity index (χ4v) is 9.05. The van der Waals surface area contributed by atoms with Gasteiger partial charge in [-0.1, -0.05) is 54.3 Å². The van der Waals surface area contributed by atoms with Crippen LogP contribution in [0.3, 0.4) is 0 Å². The molecular formula is C29H30NOSi+. The third kappa shape index (κ3) is 2.80. The van der Waals surface area contributed by atoms with Crippen molar-refractivity contribution in [3.05, 3.63) is 82.3 Å². The van der Waals surface area contributed by atoms with E-state index in [4.69, 9.17) is 4.42 Å². The zero-order valence-electron chi connectivity index (χ0n) is 19.5. The third-order valence-electron chi connectivity index (χ3n) is 7.55. The van der Waals surface area contributed by atoms with E-state index in [-0.39, 0.29) is 0 Å². The van der Waals surface area contributed by atoms with Gasteiger partial charge in [-0.3, -0.25) is 0 Å². The van der Waals surface area contributed by atoms with Crippen molar-refractivity contribution >= 4 is 35.6 Å². The van der Waals surface area contributed by atoms with Crippen LogP contribution in [0.5, 0.6) is 0 Å². The van der Waals surface area contributed by atoms with Gasteiger partial charge in [-0.25, -0.2) is 4.57 Å². The zero-order chi connectivity index (χ0) is 22.0. The molecule has 6 rings (SSSR count). The van der Waals surface area contributed by atoms with Gasteiger partial charge in [0, 0.05) is 28.5 Å². The highest BCUT2D eigenvalue weighted by molar-refractivity contribution is 6.91. The topological polar surface area (TPSA) is 17.0 Å². The molecule has 1 aliphatic heterocycles. The summed E-state index contributed by atoms with van der Waals surface area (Å²) in [5, 5.41) is 4.21. The normalized spacial score (nSPS) is 17.8. The maximum Gasteiger partial charge on any atom is 0.216 e. The number of hydrogen-bond donors (Lipinski definition) is 0. The summed E-state index contributed by atoms with van der Waals surface area (Å²) < 4.78 is 8.99. The van der Waals surface area contributed by atoms with E-state index >= 15 is 0 Å². The quantitative estimate of drug-likeness (QED) is 0.236. The van der Waals surface area contributed by atoms with E-state index in [1.165, 1.54) is 64.4 Å². The van der Waals surface area contributed by atoms with Crippen LogP contribution < -0.4 is 4.57 Å². The molecule has 2 aromatic carbocycles. The molecule has 4 aromatic rings. The summed E-state index contributed by atoms with van der Waals surface area (Å²) in [6, 6.07) is 17.6. The molecule has 0 unspecified atom stereocenters. The lowest BCUT2D eigenvalue weighted by atomic mass is 9.89. The lowest BCUT2D eigenvalue weighted by molar-refractivity contribution is -0.660. The molecule has 0 saturated heterocycles. The molecule has 0 amide bonds. The second-order valence-corrected chi connectivity index (χ2v) is 14.4. The van der Waals surface area contributed by atoms with Gasteiger partial charge in [0.1, 0.15) is 26.3 Å². The first-order valence-corrected chi connectivity index (χ1v) is 14.9. The van der Waals surface area contributed by atoms with Crippen LogP contribution in [0, 0.1) is 6.92 Å². The van der Waals surface area contributed by atoms with E-state index in [0.717, 1.165) is 11.2 Å². The molecule has 160 valence electrons. The first-order chi connectivity index (χ1) is 15.5. The average Bonchev–Trinajstić information content (AvgIpc) is 3.29. The van der Waals surface area contributed by atoms with Gasteiger partial charge in [0.15, 0.2) is 6.20 Å². The van der Waals surface area contributed by atoms with Crippen molar-refractivity contribution in [1.82, 2.24) is 0 Å². The summed E-state index contributed by atoms with van der Waals surface area (Å²) in [6.07, 6.45) is 7.28. The van der Waals surface area contributed by atoms with Gasteiger partial charge < -0.3 is 4.42 Å². The zero-order valence-corrected chi connectivity index (χ0v) is 20.5. The second kappa shape index (κ2) is 7.04. The molecule has 0 spiro atoms. The minimum Gasteiger partial charge on any atom is -0.454 e. The van der Waals surface area contributed by atoms with E-state index in [1.54, 1.807) is 10.8 Å². The molecule has 0 bridgehead atoms. The standard InChI is InChI=1S/C29H30NOSi/c1-19-15-16-23-21-11-9-12-22(24-18-32(3,4)26-14-6-5-10-20(24)26)28(21)31-29(23)27(19)25-13-7-8-17-30(25)2/h7-9,11-13,15-18H,5-6,10,14H2,1-4H3/q+1. The van der Waals surface area contributed by atoms with Crippen molar-refractivity contribution in [1.29, 1.82) is 0 Å². The minimum atomic E-state index is -1.48. The van der Waals surface area contributed by atoms with E-state index < -0.39 is 8.07 Å². The number of pyridine rings is 1. The van der Waals surface area contributed by atoms with Crippen LogP contribution >= 0.6 is 0 Å². The van der Waals surface area contributed by atoms with Crippen LogP contribution in [0.1, 0.15) is 36.8 Å². The van der Waals surface area contributed by atoms with Gasteiger partial charge in [-0.2, -0.15) is 0 Å². The lowest BCUT2D eigenvalue weighted by Gasteiger charge is -2.23. The van der Waals surface area contributed by atoms with Crippen LogP contribution in [-0.4, -0.2) is 8.07 Å². The molecule has 3 heterocycles. The molecule has 2 aromatic heterocycles. The predicted molar refractivity (Wildman–Crippen MR) is 136 cm³/mol. The van der Waals surface area contributed by atoms with Crippen LogP contribution in [-0.2, 0) is 7.05 Å². The Balaban J connectivity index is 1.65. The van der Waals surface area contributed by atoms with Gasteiger partial charge in [-0.05, 0) is 55.4 Å². The number of nitrogens with zero attached hydrogens (tertiary/aromatic N) is 1. The Morgan fingerprint density at radius 1 is 0.875 bits per heavy atom. The summed E-state index contributed by atoms with van der Waals surface area (Å²) in [4.78, 5) is 0. The summed E-state index contributed by atoms with van der Waals surface area (Å²) in [6.45, 7) is 7.20. The Bertz CT molecular complexity index is 1470. The van der Waals surface area contributed by atoms with E-state index in [2.05, 4.69) is 92.1 Å². The Labute approximate surface area is 190 Å². The number of para-hydroxylation sites is 1. The van der Waals surface area contributed by atoms with E-state index in [9.17, 15) is 0 Å². The fraction of sp³-hybridized carbons (Fsp3) is 0.276. The summed E-state index contributed by atoms with van der Waals surface area (Å²) in [5.74, 6) is 0. The smallest absolute Gasteiger partial charge is 0.216 e. The van der Waals surface area contributed by atoms with Gasteiger partial charge in [-0.15, -0.1) is 0 Å². The number of aryl methyl sites for hydroxylation is 2. The van der Waals surface area contributed by atoms with Crippen LogP contribution in [0.15, 0.2) is 75.6 Å². The number of aromatic nitrogens is 1. The molecular weight excluding hydrogens is 406 g/mol. The maximum atomic E-state index is 6.80. The number of hydrogen-bond acceptors (Lipinski definition) is 1. The van der Waals surface area contributed by atoms with Crippen LogP contribution in [0.25, 0.3) is 38.8 Å². The van der Waals surface area contributed by atoms with E-state index in [1.807, 2.05) is 0 Å². The predicted octanol–water partition coefficient (Wildman–Crippen LogP) is 7.44. The molecule has 0 saturated carbocycles. The third-order valence-corrected chi connectivity index (χ3v) is 10.7. The fourth-order valence-electron chi connectivity index (χ4n) is 5.96. The first kappa shape index (κ1) is 19.7. The number of allylic oxidation sites excluding steroid dienone is 3. The van der Waals surface area contributed by atoms with E-state index in [0.29, 0.717) is 0 Å². The molecule has 2 nitrogen and oxygen atoms in total. The molecule has 0 radical (unpaired) electrons. The first-order valence-electron chi connectivity index (χ1n) is 11.8. The molecule has 0 N–H and O–H groups in total. The van der Waals surface area contributed by atoms with Gasteiger partial charge in [0.2, 0.25) is 5.69 Å². The van der Waals surface area contributed by atoms with Crippen molar-refractivity contribution in [2.75, 3.05) is 0 Å². The molecule has 3 heteroatoms. The van der Waals surface area contributed by atoms with Crippen molar-refractivity contribution < 1.29 is 8.98 Å². The molecule has 0 atom stereocenters. The number of fused-ring (bicyclic) bond motifs is 3. The summed E-state index contributed by atoms with van der Waals surface area (Å²) in [5.41, 5.74) is 12.7. The number of benzene rings is 2. The maximum absolute atomic E-state index is 6.80. The molecule has 1 aliphatic carbocycles. The van der Waals surface area contributed by atoms with Crippen molar-refractivity contribution in [3.8, 4) is 11.3 Å². The number of rotatable bonds is 2. The summed E-state index contributed by atoms with van der Waals surface area (Å²) >= 11 is 0. The minimum absolute atomic E-state index is 1.00. The second-order valence-electron chi connectivity index (χ2n) is 10.1. The molecule has 32 heavy (non-hydrogen) atoms. The number of furan rings is 1. The van der Waals surface area contributed by atoms with Crippen LogP contribution in [0.4, 0.5) is 0 Å². The Hall–Kier alpha value is -2.91. The van der Waals surface area contributed by atoms with Gasteiger partial charge in [0.05, 0.1) is 5.56 Å². The van der Waals surface area contributed by atoms with Crippen molar-refractivity contribution in [2.24, 2.45) is 7.05 Å². The average molecular weight is 437 g/mol. The van der Waals surface area contributed by atoms with Gasteiger partial charge in [0.25, 0.3) is 0 Å². The highest BCUT2D eigenvalue weighted by atomic mass is 28.3. The highest BCUT2D eigenvalue weighted by Crippen LogP contribution is 2.48. The van der Waals surface area contributed by atoms with Crippen molar-refractivity contribution in [3.63, 3.8) is 0 Å². The van der Waals surface area contributed by atoms with Gasteiger partial charge >= 0.3 is 0 Å². The largest absolute Gasteiger partial charge is 0.454 e. The summed E-state index contributed by atoms with van der Waals surface area (Å²) in [7, 11) is 0.624. The highest BCUT2D eigenvalue weighted by Gasteiger charge is 2.36. The molecule has 0 fully saturated rings. The van der Waals surface area contributed by atoms with Crippen LogP contribution in [0.2, 0.25) is 13.1 Å². The SMILES string of the molecule is Cc1ccc2c(oc3c(C4=C[Si](C)(C)C5=C4CCCC5)cccc32)c1-c1cccc[n+]1C. The Kier molecular flexibility index (Phi) is 4.35. The molecule has 2 aliphatic rings.